The molecule has 0 aliphatic carbocycles. The normalized spacial score (nSPS) is 13.9. The van der Waals surface area contributed by atoms with E-state index in [-0.39, 0.29) is 24.1 Å². The third-order valence-corrected chi connectivity index (χ3v) is 4.61. The summed E-state index contributed by atoms with van der Waals surface area (Å²) < 4.78 is 19.5. The van der Waals surface area contributed by atoms with Gasteiger partial charge in [-0.25, -0.2) is 4.39 Å². The molecule has 2 rings (SSSR count). The highest BCUT2D eigenvalue weighted by Crippen LogP contribution is 2.20. The van der Waals surface area contributed by atoms with Crippen LogP contribution in [0.25, 0.3) is 0 Å². The molecule has 126 valence electrons. The molecule has 1 amide bonds. The van der Waals surface area contributed by atoms with E-state index in [1.165, 1.54) is 0 Å². The molecule has 0 unspecified atom stereocenters. The number of carbonyl (C=O) groups excluding carboxylic acids is 1. The first-order valence-electron chi connectivity index (χ1n) is 8.31. The van der Waals surface area contributed by atoms with E-state index in [0.29, 0.717) is 25.4 Å². The Labute approximate surface area is 138 Å². The molecule has 0 aromatic heterocycles. The highest BCUT2D eigenvalue weighted by molar-refractivity contribution is 6.67. The fourth-order valence-electron chi connectivity index (χ4n) is 2.49. The van der Waals surface area contributed by atoms with Crippen LogP contribution in [-0.2, 0) is 16.1 Å². The van der Waals surface area contributed by atoms with Crippen molar-refractivity contribution in [3.05, 3.63) is 23.5 Å². The summed E-state index contributed by atoms with van der Waals surface area (Å²) >= 11 is 0. The molecule has 0 bridgehead atoms. The largest absolute Gasteiger partial charge is 0.427 e. The van der Waals surface area contributed by atoms with Gasteiger partial charge >= 0.3 is 6.92 Å². The smallest absolute Gasteiger partial charge is 0.324 e. The molecule has 0 saturated heterocycles. The van der Waals surface area contributed by atoms with E-state index in [2.05, 4.69) is 10.6 Å². The van der Waals surface area contributed by atoms with Crippen LogP contribution in [0.15, 0.2) is 12.1 Å². The lowest BCUT2D eigenvalue weighted by atomic mass is 9.64. The van der Waals surface area contributed by atoms with Crippen molar-refractivity contribution in [2.24, 2.45) is 5.41 Å². The maximum atomic E-state index is 14.0. The number of hydrogen-bond donors (Lipinski definition) is 2. The Morgan fingerprint density at radius 2 is 2.13 bits per heavy atom. The van der Waals surface area contributed by atoms with Crippen LogP contribution in [0.3, 0.4) is 0 Å². The maximum absolute atomic E-state index is 14.0. The Morgan fingerprint density at radius 3 is 2.83 bits per heavy atom. The van der Waals surface area contributed by atoms with Crippen molar-refractivity contribution in [2.75, 3.05) is 18.4 Å². The topological polar surface area (TPSA) is 50.4 Å². The lowest BCUT2D eigenvalue weighted by molar-refractivity contribution is -0.129. The molecular weight excluding hydrogens is 294 g/mol. The molecule has 23 heavy (non-hydrogen) atoms. The summed E-state index contributed by atoms with van der Waals surface area (Å²) in [6.45, 7) is 9.53. The molecule has 1 aliphatic heterocycles. The molecule has 6 heteroatoms. The van der Waals surface area contributed by atoms with Crippen molar-refractivity contribution in [3.63, 3.8) is 0 Å². The van der Waals surface area contributed by atoms with Crippen molar-refractivity contribution in [1.82, 2.24) is 5.32 Å². The zero-order chi connectivity index (χ0) is 17.0. The number of amides is 1. The number of nitrogens with one attached hydrogen (secondary N) is 2. The number of hydrogen-bond acceptors (Lipinski definition) is 3. The van der Waals surface area contributed by atoms with E-state index in [9.17, 15) is 9.18 Å². The summed E-state index contributed by atoms with van der Waals surface area (Å²) in [6.07, 6.45) is 1.55. The van der Waals surface area contributed by atoms with Gasteiger partial charge in [-0.1, -0.05) is 27.6 Å². The lowest BCUT2D eigenvalue weighted by Crippen LogP contribution is -2.37. The molecule has 1 aromatic rings. The predicted octanol–water partition coefficient (Wildman–Crippen LogP) is 2.54. The van der Waals surface area contributed by atoms with E-state index in [1.807, 2.05) is 33.7 Å². The lowest BCUT2D eigenvalue weighted by Gasteiger charge is -2.21. The number of fused-ring (bicyclic) bond motifs is 1. The summed E-state index contributed by atoms with van der Waals surface area (Å²) in [6, 6.07) is 3.38. The molecule has 2 N–H and O–H groups in total. The molecule has 1 aliphatic rings. The molecule has 4 nitrogen and oxygen atoms in total. The van der Waals surface area contributed by atoms with Crippen LogP contribution >= 0.6 is 0 Å². The van der Waals surface area contributed by atoms with Crippen molar-refractivity contribution in [2.45, 2.75) is 47.0 Å². The number of rotatable bonds is 7. The van der Waals surface area contributed by atoms with Crippen LogP contribution in [0.4, 0.5) is 10.1 Å². The standard InChI is InChI=1S/C17H26BFN2O2/c1-5-17(2,3)16(22)21-8-6-7-20-15-10-13-12(9-14(15)19)11-23-18(13)4/h9-10,20H,5-8,11H2,1-4H3,(H,21,22). The second-order valence-corrected chi connectivity index (χ2v) is 6.76. The summed E-state index contributed by atoms with van der Waals surface area (Å²) in [4.78, 5) is 11.9. The summed E-state index contributed by atoms with van der Waals surface area (Å²) in [5.41, 5.74) is 2.14. The van der Waals surface area contributed by atoms with Gasteiger partial charge in [-0.2, -0.15) is 0 Å². The van der Waals surface area contributed by atoms with E-state index >= 15 is 0 Å². The van der Waals surface area contributed by atoms with Crippen LogP contribution in [0.1, 0.15) is 39.2 Å². The van der Waals surface area contributed by atoms with Crippen LogP contribution in [0.2, 0.25) is 6.82 Å². The van der Waals surface area contributed by atoms with Crippen LogP contribution in [0, 0.1) is 11.2 Å². The van der Waals surface area contributed by atoms with Gasteiger partial charge in [0.25, 0.3) is 0 Å². The summed E-state index contributed by atoms with van der Waals surface area (Å²) in [5.74, 6) is -0.188. The van der Waals surface area contributed by atoms with Gasteiger partial charge in [0.1, 0.15) is 5.82 Å². The highest BCUT2D eigenvalue weighted by atomic mass is 19.1. The molecular formula is C17H26BFN2O2. The summed E-state index contributed by atoms with van der Waals surface area (Å²) in [7, 11) is 0. The minimum Gasteiger partial charge on any atom is -0.427 e. The number of halogens is 1. The van der Waals surface area contributed by atoms with Crippen molar-refractivity contribution < 1.29 is 13.8 Å². The number of carbonyl (C=O) groups is 1. The quantitative estimate of drug-likeness (QED) is 0.600. The maximum Gasteiger partial charge on any atom is 0.324 e. The Balaban J connectivity index is 1.79. The first kappa shape index (κ1) is 17.8. The second kappa shape index (κ2) is 7.34. The zero-order valence-corrected chi connectivity index (χ0v) is 14.5. The number of benzene rings is 1. The van der Waals surface area contributed by atoms with E-state index in [0.717, 1.165) is 23.9 Å². The second-order valence-electron chi connectivity index (χ2n) is 6.76. The van der Waals surface area contributed by atoms with E-state index in [4.69, 9.17) is 4.65 Å². The first-order valence-corrected chi connectivity index (χ1v) is 8.31. The van der Waals surface area contributed by atoms with E-state index in [1.54, 1.807) is 6.07 Å². The molecule has 0 spiro atoms. The van der Waals surface area contributed by atoms with Gasteiger partial charge < -0.3 is 15.3 Å². The van der Waals surface area contributed by atoms with E-state index < -0.39 is 0 Å². The Morgan fingerprint density at radius 1 is 1.39 bits per heavy atom. The van der Waals surface area contributed by atoms with Gasteiger partial charge in [-0.3, -0.25) is 4.79 Å². The van der Waals surface area contributed by atoms with Crippen molar-refractivity contribution in [1.29, 1.82) is 0 Å². The third-order valence-electron chi connectivity index (χ3n) is 4.61. The van der Waals surface area contributed by atoms with Gasteiger partial charge in [-0.05, 0) is 36.0 Å². The van der Waals surface area contributed by atoms with Gasteiger partial charge in [0, 0.05) is 18.5 Å². The fourth-order valence-corrected chi connectivity index (χ4v) is 2.49. The van der Waals surface area contributed by atoms with Crippen LogP contribution in [0.5, 0.6) is 0 Å². The van der Waals surface area contributed by atoms with Crippen molar-refractivity contribution in [3.8, 4) is 0 Å². The molecule has 0 atom stereocenters. The first-order chi connectivity index (χ1) is 10.8. The Kier molecular flexibility index (Phi) is 5.68. The monoisotopic (exact) mass is 320 g/mol. The Hall–Kier alpha value is -1.56. The fraction of sp³-hybridized carbons (Fsp3) is 0.588. The van der Waals surface area contributed by atoms with Gasteiger partial charge in [0.05, 0.1) is 12.3 Å². The minimum absolute atomic E-state index is 0.0155. The molecule has 1 heterocycles. The van der Waals surface area contributed by atoms with Crippen LogP contribution < -0.4 is 16.1 Å². The molecule has 0 saturated carbocycles. The third kappa shape index (κ3) is 4.25. The number of anilines is 1. The average Bonchev–Trinajstić information content (AvgIpc) is 2.87. The zero-order valence-electron chi connectivity index (χ0n) is 14.5. The van der Waals surface area contributed by atoms with Gasteiger partial charge in [0.2, 0.25) is 5.91 Å². The highest BCUT2D eigenvalue weighted by Gasteiger charge is 2.25. The summed E-state index contributed by atoms with van der Waals surface area (Å²) in [5, 5.41) is 6.04. The molecule has 0 radical (unpaired) electrons. The van der Waals surface area contributed by atoms with Gasteiger partial charge in [0.15, 0.2) is 0 Å². The minimum atomic E-state index is -0.338. The average molecular weight is 320 g/mol. The molecule has 1 aromatic carbocycles. The Bertz CT molecular complexity index is 578. The van der Waals surface area contributed by atoms with Gasteiger partial charge in [-0.15, -0.1) is 0 Å². The van der Waals surface area contributed by atoms with Crippen LogP contribution in [-0.4, -0.2) is 25.9 Å². The SMILES string of the molecule is CCC(C)(C)C(=O)NCCCNc1cc2c(cc1F)COB2C. The predicted molar refractivity (Wildman–Crippen MR) is 92.6 cm³/mol. The molecule has 0 fully saturated rings. The van der Waals surface area contributed by atoms with Crippen molar-refractivity contribution >= 4 is 24.0 Å².